The second-order valence-corrected chi connectivity index (χ2v) is 21.8. The third-order valence-corrected chi connectivity index (χ3v) is 15.3. The predicted octanol–water partition coefficient (Wildman–Crippen LogP) is 5.84. The van der Waals surface area contributed by atoms with Gasteiger partial charge in [0.2, 0.25) is 23.5 Å². The number of nitrogens with one attached hydrogen (secondary N) is 6. The van der Waals surface area contributed by atoms with E-state index >= 15 is 0 Å². The third kappa shape index (κ3) is 15.5. The van der Waals surface area contributed by atoms with Crippen LogP contribution in [-0.2, 0) is 42.6 Å². The van der Waals surface area contributed by atoms with Gasteiger partial charge in [0.05, 0.1) is 73.4 Å². The van der Waals surface area contributed by atoms with Gasteiger partial charge in [-0.3, -0.25) is 48.3 Å². The highest BCUT2D eigenvalue weighted by Crippen LogP contribution is 2.40. The first-order valence-electron chi connectivity index (χ1n) is 29.3. The molecule has 0 radical (unpaired) electrons. The minimum atomic E-state index is -0.474. The van der Waals surface area contributed by atoms with Crippen molar-refractivity contribution in [1.29, 1.82) is 0 Å². The van der Waals surface area contributed by atoms with E-state index in [1.165, 1.54) is 31.9 Å². The molecule has 4 aliphatic rings. The lowest BCUT2D eigenvalue weighted by atomic mass is 10.1. The zero-order valence-electron chi connectivity index (χ0n) is 51.1. The number of aryl methyl sites for hydroxylation is 5. The number of benzene rings is 2. The minimum absolute atomic E-state index is 0.00228. The molecule has 2 saturated heterocycles. The Labute approximate surface area is 513 Å². The van der Waals surface area contributed by atoms with Crippen molar-refractivity contribution in [2.45, 2.75) is 83.7 Å². The van der Waals surface area contributed by atoms with Gasteiger partial charge in [0.15, 0.2) is 34.6 Å². The van der Waals surface area contributed by atoms with E-state index in [1.807, 2.05) is 40.8 Å². The third-order valence-electron chi connectivity index (χ3n) is 15.3. The van der Waals surface area contributed by atoms with Crippen molar-refractivity contribution >= 4 is 94.1 Å². The molecule has 0 bridgehead atoms. The number of fused-ring (bicyclic) bond motifs is 4. The molecular formula is C61H74N16O12. The van der Waals surface area contributed by atoms with Gasteiger partial charge in [-0.1, -0.05) is 0 Å². The zero-order chi connectivity index (χ0) is 63.5. The van der Waals surface area contributed by atoms with E-state index in [-0.39, 0.29) is 90.9 Å². The summed E-state index contributed by atoms with van der Waals surface area (Å²) in [7, 11) is 9.93. The molecule has 4 aliphatic heterocycles. The number of ether oxygens (including phenoxy) is 4. The number of carbonyl (C=O) groups is 8. The molecule has 6 N–H and O–H groups in total. The van der Waals surface area contributed by atoms with E-state index in [0.29, 0.717) is 107 Å². The van der Waals surface area contributed by atoms with Crippen molar-refractivity contribution in [2.75, 3.05) is 74.9 Å². The van der Waals surface area contributed by atoms with Crippen LogP contribution >= 0.6 is 0 Å². The Morgan fingerprint density at radius 3 is 1.48 bits per heavy atom. The van der Waals surface area contributed by atoms with E-state index in [2.05, 4.69) is 51.9 Å². The van der Waals surface area contributed by atoms with Crippen LogP contribution in [0.15, 0.2) is 71.2 Å². The average molecular weight is 1220 g/mol. The van der Waals surface area contributed by atoms with Crippen molar-refractivity contribution in [3.05, 3.63) is 95.3 Å². The first-order valence-corrected chi connectivity index (χ1v) is 29.3. The number of hydrogen-bond donors (Lipinski definition) is 6. The standard InChI is InChI=1S/C33H41N9O7.C28H33N7O5/c1-20(43)34-10-7-11-35-32(46)30-38-28(19-41(30)3)39-31(45)25-14-21(18-40(25)2)37-29(44)9-6-13-49-27-16-24-23(15-26(27)48-4)33(47)42-12-5-8-22(42)17-36-24;1-17-30-25(16-33(17)2)32-27(37)22-11-18(15-34(22)3)31-26(36)8-6-10-40-24-13-21-20(12-23(24)39-4)28(38)35-9-5-7-19(35)14-29-21/h14-19,22H,5-13H2,1-4H3,(H,34,43)(H,35,46)(H,37,44)(H,39,45);11-16,19H,5-10H2,1-4H3,(H,31,36)(H,32,37)/t22-;19-/m00/s1. The second-order valence-electron chi connectivity index (χ2n) is 21.8. The molecule has 470 valence electrons. The van der Waals surface area contributed by atoms with Crippen LogP contribution in [-0.4, -0.2) is 163 Å². The minimum Gasteiger partial charge on any atom is -0.493 e. The Bertz CT molecular complexity index is 3720. The Kier molecular flexibility index (Phi) is 20.2. The zero-order valence-corrected chi connectivity index (χ0v) is 51.1. The highest BCUT2D eigenvalue weighted by molar-refractivity contribution is 6.07. The van der Waals surface area contributed by atoms with Crippen molar-refractivity contribution < 1.29 is 57.3 Å². The molecule has 89 heavy (non-hydrogen) atoms. The van der Waals surface area contributed by atoms with Crippen molar-refractivity contribution in [3.63, 3.8) is 0 Å². The highest BCUT2D eigenvalue weighted by atomic mass is 16.5. The van der Waals surface area contributed by atoms with Crippen LogP contribution in [0.3, 0.4) is 0 Å². The fourth-order valence-corrected chi connectivity index (χ4v) is 10.6. The molecule has 28 nitrogen and oxygen atoms in total. The molecule has 2 fully saturated rings. The maximum absolute atomic E-state index is 13.1. The van der Waals surface area contributed by atoms with Crippen molar-refractivity contribution in [1.82, 2.24) is 48.7 Å². The van der Waals surface area contributed by atoms with Crippen LogP contribution in [0, 0.1) is 6.92 Å². The fraction of sp³-hybridized carbons (Fsp3) is 0.410. The number of carbonyl (C=O) groups excluding carboxylic acids is 8. The van der Waals surface area contributed by atoms with Gasteiger partial charge < -0.3 is 78.9 Å². The average Bonchev–Trinajstić information content (AvgIpc) is 2.72. The lowest BCUT2D eigenvalue weighted by molar-refractivity contribution is -0.119. The van der Waals surface area contributed by atoms with Gasteiger partial charge >= 0.3 is 0 Å². The molecule has 8 heterocycles. The maximum atomic E-state index is 13.1. The summed E-state index contributed by atoms with van der Waals surface area (Å²) in [5.41, 5.74) is 3.66. The van der Waals surface area contributed by atoms with Gasteiger partial charge in [0.25, 0.3) is 29.5 Å². The fourth-order valence-electron chi connectivity index (χ4n) is 10.6. The Balaban J connectivity index is 0.000000216. The van der Waals surface area contributed by atoms with E-state index in [0.717, 1.165) is 38.1 Å². The summed E-state index contributed by atoms with van der Waals surface area (Å²) in [6, 6.07) is 9.93. The van der Waals surface area contributed by atoms with Crippen LogP contribution in [0.5, 0.6) is 23.0 Å². The number of aromatic nitrogens is 6. The molecule has 4 aromatic heterocycles. The summed E-state index contributed by atoms with van der Waals surface area (Å²) in [5, 5.41) is 16.5. The SMILES string of the molecule is COc1cc2c(cc1OCCCC(=O)Nc1cc(C(=O)Nc3cn(C)c(C(=O)NCCCNC(C)=O)n3)n(C)c1)N=C[C@@H]1CCCN1C2=O.COc1cc2c(cc1OCCCC(=O)Nc1cc(C(=O)Nc3cn(C)c(C)n3)n(C)c1)N=C[C@@H]1CCCN1C2=O. The van der Waals surface area contributed by atoms with Crippen LogP contribution < -0.4 is 50.8 Å². The monoisotopic (exact) mass is 1220 g/mol. The number of methoxy groups -OCH3 is 2. The molecule has 0 aliphatic carbocycles. The smallest absolute Gasteiger partial charge is 0.287 e. The van der Waals surface area contributed by atoms with E-state index in [9.17, 15) is 38.4 Å². The molecule has 2 atom stereocenters. The number of hydrogen-bond acceptors (Lipinski definition) is 16. The van der Waals surface area contributed by atoms with Crippen LogP contribution in [0.2, 0.25) is 0 Å². The van der Waals surface area contributed by atoms with Gasteiger partial charge in [-0.2, -0.15) is 0 Å². The summed E-state index contributed by atoms with van der Waals surface area (Å²) >= 11 is 0. The van der Waals surface area contributed by atoms with Crippen LogP contribution in [0.4, 0.5) is 34.4 Å². The van der Waals surface area contributed by atoms with Gasteiger partial charge in [-0.15, -0.1) is 0 Å². The lowest BCUT2D eigenvalue weighted by Crippen LogP contribution is -2.35. The molecule has 6 aromatic rings. The molecular weight excluding hydrogens is 1150 g/mol. The normalized spacial score (nSPS) is 15.3. The summed E-state index contributed by atoms with van der Waals surface area (Å²) in [5.74, 6) is 1.37. The van der Waals surface area contributed by atoms with Crippen LogP contribution in [0.1, 0.15) is 123 Å². The molecule has 2 aromatic carbocycles. The summed E-state index contributed by atoms with van der Waals surface area (Å²) < 4.78 is 29.3. The van der Waals surface area contributed by atoms with E-state index in [4.69, 9.17) is 18.9 Å². The van der Waals surface area contributed by atoms with E-state index in [1.54, 1.807) is 85.3 Å². The van der Waals surface area contributed by atoms with E-state index < -0.39 is 11.8 Å². The van der Waals surface area contributed by atoms with Gasteiger partial charge in [-0.25, -0.2) is 9.97 Å². The Hall–Kier alpha value is -10.3. The number of amides is 8. The number of aliphatic imine (C=N–C) groups is 2. The van der Waals surface area contributed by atoms with Gasteiger partial charge in [0, 0.05) is 123 Å². The summed E-state index contributed by atoms with van der Waals surface area (Å²) in [6.07, 6.45) is 15.7. The Morgan fingerprint density at radius 1 is 0.551 bits per heavy atom. The van der Waals surface area contributed by atoms with Gasteiger partial charge in [0.1, 0.15) is 17.2 Å². The molecule has 10 rings (SSSR count). The molecule has 8 amide bonds. The first-order chi connectivity index (χ1) is 42.8. The van der Waals surface area contributed by atoms with Gasteiger partial charge in [-0.05, 0) is 76.1 Å². The number of anilines is 4. The lowest BCUT2D eigenvalue weighted by Gasteiger charge is -2.20. The quantitative estimate of drug-likeness (QED) is 0.0411. The summed E-state index contributed by atoms with van der Waals surface area (Å²) in [4.78, 5) is 122. The van der Waals surface area contributed by atoms with Crippen molar-refractivity contribution in [2.24, 2.45) is 38.2 Å². The molecule has 0 unspecified atom stereocenters. The summed E-state index contributed by atoms with van der Waals surface area (Å²) in [6.45, 7) is 5.97. The molecule has 0 saturated carbocycles. The second kappa shape index (κ2) is 28.5. The largest absolute Gasteiger partial charge is 0.493 e. The first kappa shape index (κ1) is 63.2. The molecule has 0 spiro atoms. The highest BCUT2D eigenvalue weighted by Gasteiger charge is 2.34. The van der Waals surface area contributed by atoms with Crippen LogP contribution in [0.25, 0.3) is 0 Å². The maximum Gasteiger partial charge on any atom is 0.287 e. The topological polar surface area (TPSA) is 322 Å². The Morgan fingerprint density at radius 2 is 1.02 bits per heavy atom. The predicted molar refractivity (Wildman–Crippen MR) is 331 cm³/mol. The molecule has 28 heteroatoms. The number of rotatable bonds is 23. The number of imidazole rings is 2. The van der Waals surface area contributed by atoms with Crippen molar-refractivity contribution in [3.8, 4) is 23.0 Å². The number of nitrogens with zero attached hydrogens (tertiary/aromatic N) is 10.